The Morgan fingerprint density at radius 3 is 1.58 bits per heavy atom. The van der Waals surface area contributed by atoms with E-state index in [1.807, 2.05) is 12.1 Å². The predicted molar refractivity (Wildman–Crippen MR) is 124 cm³/mol. The van der Waals surface area contributed by atoms with E-state index >= 15 is 0 Å². The number of hydrogen-bond acceptors (Lipinski definition) is 2. The first-order valence-corrected chi connectivity index (χ1v) is 11.6. The van der Waals surface area contributed by atoms with Crippen molar-refractivity contribution in [3.63, 3.8) is 0 Å². The second kappa shape index (κ2) is 7.56. The number of fused-ring (bicyclic) bond motifs is 3. The lowest BCUT2D eigenvalue weighted by Gasteiger charge is -2.24. The SMILES string of the molecule is O=C(Oc1ccc2c(c1)CCC2)N(c1ccc2c(c1)CCC2)c1ccc2c(c1)CCC2. The normalized spacial score (nSPS) is 16.0. The Labute approximate surface area is 183 Å². The zero-order valence-electron chi connectivity index (χ0n) is 17.8. The van der Waals surface area contributed by atoms with Gasteiger partial charge in [-0.2, -0.15) is 0 Å². The summed E-state index contributed by atoms with van der Waals surface area (Å²) in [5.74, 6) is 0.637. The molecule has 3 nitrogen and oxygen atoms in total. The Balaban J connectivity index is 1.37. The molecule has 3 aromatic rings. The van der Waals surface area contributed by atoms with Crippen molar-refractivity contribution in [2.45, 2.75) is 57.8 Å². The van der Waals surface area contributed by atoms with Gasteiger partial charge in [0.2, 0.25) is 0 Å². The van der Waals surface area contributed by atoms with Crippen LogP contribution in [0.1, 0.15) is 52.6 Å². The molecule has 0 saturated heterocycles. The van der Waals surface area contributed by atoms with Crippen LogP contribution < -0.4 is 9.64 Å². The minimum atomic E-state index is -0.339. The lowest BCUT2D eigenvalue weighted by molar-refractivity contribution is 0.210. The number of aryl methyl sites for hydroxylation is 6. The molecule has 0 heterocycles. The summed E-state index contributed by atoms with van der Waals surface area (Å²) >= 11 is 0. The number of anilines is 2. The molecule has 0 saturated carbocycles. The first kappa shape index (κ1) is 18.7. The predicted octanol–water partition coefficient (Wildman–Crippen LogP) is 6.49. The van der Waals surface area contributed by atoms with Crippen LogP contribution in [0.2, 0.25) is 0 Å². The maximum absolute atomic E-state index is 13.5. The molecule has 3 aromatic carbocycles. The van der Waals surface area contributed by atoms with E-state index in [4.69, 9.17) is 4.74 Å². The van der Waals surface area contributed by atoms with E-state index < -0.39 is 0 Å². The molecule has 31 heavy (non-hydrogen) atoms. The molecule has 0 aromatic heterocycles. The van der Waals surface area contributed by atoms with E-state index in [0.29, 0.717) is 5.75 Å². The van der Waals surface area contributed by atoms with Gasteiger partial charge in [0.1, 0.15) is 5.75 Å². The van der Waals surface area contributed by atoms with Crippen molar-refractivity contribution in [1.82, 2.24) is 0 Å². The number of carbonyl (C=O) groups excluding carboxylic acids is 1. The third-order valence-electron chi connectivity index (χ3n) is 7.14. The molecule has 3 aliphatic carbocycles. The molecule has 156 valence electrons. The first-order chi connectivity index (χ1) is 15.2. The fourth-order valence-electron chi connectivity index (χ4n) is 5.51. The van der Waals surface area contributed by atoms with Gasteiger partial charge in [-0.3, -0.25) is 0 Å². The Hall–Kier alpha value is -3.07. The summed E-state index contributed by atoms with van der Waals surface area (Å²) in [6, 6.07) is 19.0. The van der Waals surface area contributed by atoms with Crippen molar-refractivity contribution in [3.05, 3.63) is 88.0 Å². The van der Waals surface area contributed by atoms with E-state index in [1.54, 1.807) is 4.90 Å². The van der Waals surface area contributed by atoms with E-state index in [1.165, 1.54) is 52.6 Å². The number of ether oxygens (including phenoxy) is 1. The summed E-state index contributed by atoms with van der Waals surface area (Å²) in [6.07, 6.45) is 9.86. The van der Waals surface area contributed by atoms with Crippen LogP contribution in [0.3, 0.4) is 0 Å². The van der Waals surface area contributed by atoms with Crippen LogP contribution in [0.15, 0.2) is 54.6 Å². The lowest BCUT2D eigenvalue weighted by Crippen LogP contribution is -2.29. The molecule has 0 aliphatic heterocycles. The molecule has 1 amide bonds. The van der Waals surface area contributed by atoms with Gasteiger partial charge in [0.05, 0.1) is 11.4 Å². The zero-order chi connectivity index (χ0) is 20.8. The van der Waals surface area contributed by atoms with Gasteiger partial charge in [-0.25, -0.2) is 9.69 Å². The molecule has 0 spiro atoms. The maximum Gasteiger partial charge on any atom is 0.424 e. The number of rotatable bonds is 3. The molecule has 3 heteroatoms. The standard InChI is InChI=1S/C28H27NO2/c30-28(31-27-15-12-21-6-3-9-24(21)18-27)29(25-13-10-19-4-1-7-22(19)16-25)26-14-11-20-5-2-8-23(20)17-26/h10-18H,1-9H2. The van der Waals surface area contributed by atoms with E-state index in [-0.39, 0.29) is 6.09 Å². The lowest BCUT2D eigenvalue weighted by atomic mass is 10.1. The quantitative estimate of drug-likeness (QED) is 0.495. The Bertz CT molecular complexity index is 1120. The minimum Gasteiger partial charge on any atom is -0.410 e. The van der Waals surface area contributed by atoms with Crippen molar-refractivity contribution >= 4 is 17.5 Å². The number of benzene rings is 3. The minimum absolute atomic E-state index is 0.339. The molecule has 3 aliphatic rings. The van der Waals surface area contributed by atoms with Gasteiger partial charge >= 0.3 is 6.09 Å². The van der Waals surface area contributed by atoms with Gasteiger partial charge in [0, 0.05) is 0 Å². The highest BCUT2D eigenvalue weighted by Gasteiger charge is 2.24. The Morgan fingerprint density at radius 1 is 0.581 bits per heavy atom. The molecule has 0 N–H and O–H groups in total. The monoisotopic (exact) mass is 409 g/mol. The molecule has 0 radical (unpaired) electrons. The Kier molecular flexibility index (Phi) is 4.56. The van der Waals surface area contributed by atoms with Crippen LogP contribution >= 0.6 is 0 Å². The molecule has 6 rings (SSSR count). The Morgan fingerprint density at radius 2 is 1.03 bits per heavy atom. The van der Waals surface area contributed by atoms with Crippen molar-refractivity contribution in [1.29, 1.82) is 0 Å². The summed E-state index contributed by atoms with van der Waals surface area (Å²) in [4.78, 5) is 15.3. The first-order valence-electron chi connectivity index (χ1n) is 11.6. The average molecular weight is 410 g/mol. The number of hydrogen-bond donors (Lipinski definition) is 0. The van der Waals surface area contributed by atoms with Crippen LogP contribution in [0.25, 0.3) is 0 Å². The largest absolute Gasteiger partial charge is 0.424 e. The van der Waals surface area contributed by atoms with Crippen molar-refractivity contribution in [3.8, 4) is 5.75 Å². The number of amides is 1. The van der Waals surface area contributed by atoms with Gasteiger partial charge in [0.15, 0.2) is 0 Å². The van der Waals surface area contributed by atoms with Gasteiger partial charge in [0.25, 0.3) is 0 Å². The highest BCUT2D eigenvalue weighted by molar-refractivity contribution is 5.97. The number of nitrogens with zero attached hydrogens (tertiary/aromatic N) is 1. The second-order valence-corrected chi connectivity index (χ2v) is 9.10. The smallest absolute Gasteiger partial charge is 0.410 e. The average Bonchev–Trinajstić information content (AvgIpc) is 3.53. The van der Waals surface area contributed by atoms with Crippen LogP contribution in [-0.4, -0.2) is 6.09 Å². The second-order valence-electron chi connectivity index (χ2n) is 9.10. The summed E-state index contributed by atoms with van der Waals surface area (Å²) in [6.45, 7) is 0. The fourth-order valence-corrected chi connectivity index (χ4v) is 5.51. The molecule has 0 unspecified atom stereocenters. The molecular weight excluding hydrogens is 382 g/mol. The van der Waals surface area contributed by atoms with Crippen LogP contribution in [-0.2, 0) is 38.5 Å². The zero-order valence-corrected chi connectivity index (χ0v) is 17.8. The third-order valence-corrected chi connectivity index (χ3v) is 7.14. The summed E-state index contributed by atoms with van der Waals surface area (Å²) in [5, 5.41) is 0. The molecule has 0 bridgehead atoms. The third kappa shape index (κ3) is 3.42. The topological polar surface area (TPSA) is 29.5 Å². The van der Waals surface area contributed by atoms with Crippen LogP contribution in [0.4, 0.5) is 16.2 Å². The van der Waals surface area contributed by atoms with Crippen LogP contribution in [0, 0.1) is 0 Å². The van der Waals surface area contributed by atoms with E-state index in [0.717, 1.165) is 49.9 Å². The maximum atomic E-state index is 13.5. The van der Waals surface area contributed by atoms with Gasteiger partial charge < -0.3 is 4.74 Å². The van der Waals surface area contributed by atoms with Gasteiger partial charge in [-0.05, 0) is 128 Å². The van der Waals surface area contributed by atoms with Crippen molar-refractivity contribution in [2.24, 2.45) is 0 Å². The molecule has 0 fully saturated rings. The summed E-state index contributed by atoms with van der Waals surface area (Å²) < 4.78 is 5.94. The van der Waals surface area contributed by atoms with Gasteiger partial charge in [-0.15, -0.1) is 0 Å². The highest BCUT2D eigenvalue weighted by Crippen LogP contribution is 2.35. The van der Waals surface area contributed by atoms with Crippen LogP contribution in [0.5, 0.6) is 5.75 Å². The fraction of sp³-hybridized carbons (Fsp3) is 0.321. The summed E-state index contributed by atoms with van der Waals surface area (Å²) in [5.41, 5.74) is 10.0. The van der Waals surface area contributed by atoms with E-state index in [9.17, 15) is 4.79 Å². The molecule has 0 atom stereocenters. The summed E-state index contributed by atoms with van der Waals surface area (Å²) in [7, 11) is 0. The molecular formula is C28H27NO2. The number of carbonyl (C=O) groups is 1. The highest BCUT2D eigenvalue weighted by atomic mass is 16.6. The van der Waals surface area contributed by atoms with Gasteiger partial charge in [-0.1, -0.05) is 18.2 Å². The van der Waals surface area contributed by atoms with Crippen molar-refractivity contribution < 1.29 is 9.53 Å². The van der Waals surface area contributed by atoms with Crippen molar-refractivity contribution in [2.75, 3.05) is 4.90 Å². The van der Waals surface area contributed by atoms with E-state index in [2.05, 4.69) is 42.5 Å².